The van der Waals surface area contributed by atoms with Gasteiger partial charge in [0.2, 0.25) is 5.91 Å². The van der Waals surface area contributed by atoms with Crippen LogP contribution in [-0.2, 0) is 4.79 Å². The summed E-state index contributed by atoms with van der Waals surface area (Å²) in [6.07, 6.45) is 1.81. The van der Waals surface area contributed by atoms with Crippen molar-refractivity contribution in [2.24, 2.45) is 0 Å². The number of hydrogen-bond acceptors (Lipinski definition) is 5. The molecule has 1 unspecified atom stereocenters. The van der Waals surface area contributed by atoms with E-state index in [9.17, 15) is 9.59 Å². The zero-order valence-electron chi connectivity index (χ0n) is 15.1. The summed E-state index contributed by atoms with van der Waals surface area (Å²) in [4.78, 5) is 26.7. The van der Waals surface area contributed by atoms with Crippen LogP contribution in [0.3, 0.4) is 0 Å². The minimum atomic E-state index is -0.147. The largest absolute Gasteiger partial charge is 0.497 e. The minimum absolute atomic E-state index is 0.0287. The van der Waals surface area contributed by atoms with E-state index in [1.807, 2.05) is 23.1 Å². The zero-order valence-corrected chi connectivity index (χ0v) is 15.9. The van der Waals surface area contributed by atoms with Crippen LogP contribution in [0.1, 0.15) is 41.0 Å². The van der Waals surface area contributed by atoms with Crippen LogP contribution in [0.2, 0.25) is 0 Å². The van der Waals surface area contributed by atoms with Crippen LogP contribution in [0.15, 0.2) is 30.3 Å². The third-order valence-electron chi connectivity index (χ3n) is 4.43. The molecule has 2 heterocycles. The van der Waals surface area contributed by atoms with Gasteiger partial charge in [0.05, 0.1) is 30.1 Å². The van der Waals surface area contributed by atoms with Crippen molar-refractivity contribution in [1.82, 2.24) is 4.90 Å². The Hall–Kier alpha value is -2.54. The summed E-state index contributed by atoms with van der Waals surface area (Å²) in [6, 6.07) is 9.12. The van der Waals surface area contributed by atoms with Gasteiger partial charge >= 0.3 is 0 Å². The molecule has 0 aliphatic carbocycles. The van der Waals surface area contributed by atoms with Gasteiger partial charge in [-0.2, -0.15) is 0 Å². The van der Waals surface area contributed by atoms with Gasteiger partial charge in [0.15, 0.2) is 0 Å². The molecule has 2 amide bonds. The van der Waals surface area contributed by atoms with Gasteiger partial charge in [0.1, 0.15) is 11.5 Å². The number of amides is 2. The van der Waals surface area contributed by atoms with Crippen LogP contribution in [0, 0.1) is 0 Å². The Labute approximate surface area is 156 Å². The zero-order chi connectivity index (χ0) is 18.7. The molecular weight excluding hydrogens is 352 g/mol. The lowest BCUT2D eigenvalue weighted by Crippen LogP contribution is -2.30. The van der Waals surface area contributed by atoms with E-state index in [0.717, 1.165) is 29.9 Å². The maximum absolute atomic E-state index is 13.0. The van der Waals surface area contributed by atoms with Crippen molar-refractivity contribution in [3.63, 3.8) is 0 Å². The average Bonchev–Trinajstić information content (AvgIpc) is 3.29. The van der Waals surface area contributed by atoms with Crippen LogP contribution in [0.4, 0.5) is 5.00 Å². The van der Waals surface area contributed by atoms with E-state index in [1.54, 1.807) is 26.4 Å². The van der Waals surface area contributed by atoms with Crippen molar-refractivity contribution < 1.29 is 19.1 Å². The van der Waals surface area contributed by atoms with E-state index >= 15 is 0 Å². The Kier molecular flexibility index (Phi) is 5.46. The number of carbonyl (C=O) groups excluding carboxylic acids is 2. The molecular formula is C19H22N2O4S. The topological polar surface area (TPSA) is 67.9 Å². The molecule has 7 heteroatoms. The Morgan fingerprint density at radius 1 is 1.19 bits per heavy atom. The summed E-state index contributed by atoms with van der Waals surface area (Å²) in [5.41, 5.74) is 0.955. The lowest BCUT2D eigenvalue weighted by Gasteiger charge is -2.26. The highest BCUT2D eigenvalue weighted by atomic mass is 32.1. The second kappa shape index (κ2) is 7.78. The summed E-state index contributed by atoms with van der Waals surface area (Å²) in [6.45, 7) is 2.14. The highest BCUT2D eigenvalue weighted by Crippen LogP contribution is 2.40. The normalized spacial score (nSPS) is 16.4. The number of anilines is 1. The summed E-state index contributed by atoms with van der Waals surface area (Å²) >= 11 is 1.29. The SMILES string of the molecule is COc1ccc(OC)c(C2CCCN2C(=O)c2ccc(NC(C)=O)s2)c1. The highest BCUT2D eigenvalue weighted by molar-refractivity contribution is 7.18. The third-order valence-corrected chi connectivity index (χ3v) is 5.41. The molecule has 0 spiro atoms. The Morgan fingerprint density at radius 2 is 2.00 bits per heavy atom. The van der Waals surface area contributed by atoms with E-state index < -0.39 is 0 Å². The molecule has 1 N–H and O–H groups in total. The van der Waals surface area contributed by atoms with E-state index in [-0.39, 0.29) is 17.9 Å². The first-order chi connectivity index (χ1) is 12.5. The van der Waals surface area contributed by atoms with Gasteiger partial charge in [-0.15, -0.1) is 11.3 Å². The van der Waals surface area contributed by atoms with Crippen molar-refractivity contribution in [1.29, 1.82) is 0 Å². The number of rotatable bonds is 5. The van der Waals surface area contributed by atoms with E-state index in [0.29, 0.717) is 16.4 Å². The number of ether oxygens (including phenoxy) is 2. The number of likely N-dealkylation sites (tertiary alicyclic amines) is 1. The van der Waals surface area contributed by atoms with Crippen molar-refractivity contribution in [3.8, 4) is 11.5 Å². The number of carbonyl (C=O) groups is 2. The molecule has 3 rings (SSSR count). The molecule has 0 saturated carbocycles. The molecule has 1 saturated heterocycles. The van der Waals surface area contributed by atoms with Gasteiger partial charge in [-0.3, -0.25) is 9.59 Å². The standard InChI is InChI=1S/C19H22N2O4S/c1-12(22)20-18-9-8-17(26-18)19(23)21-10-4-5-15(21)14-11-13(24-2)6-7-16(14)25-3/h6-9,11,15H,4-5,10H2,1-3H3,(H,20,22). The smallest absolute Gasteiger partial charge is 0.264 e. The fourth-order valence-corrected chi connectivity index (χ4v) is 4.18. The number of nitrogens with one attached hydrogen (secondary N) is 1. The van der Waals surface area contributed by atoms with Crippen molar-refractivity contribution in [3.05, 3.63) is 40.8 Å². The van der Waals surface area contributed by atoms with Gasteiger partial charge in [0.25, 0.3) is 5.91 Å². The van der Waals surface area contributed by atoms with E-state index in [1.165, 1.54) is 18.3 Å². The number of nitrogens with zero attached hydrogens (tertiary/aromatic N) is 1. The van der Waals surface area contributed by atoms with Gasteiger partial charge in [0, 0.05) is 19.0 Å². The van der Waals surface area contributed by atoms with E-state index in [4.69, 9.17) is 9.47 Å². The maximum Gasteiger partial charge on any atom is 0.264 e. The maximum atomic E-state index is 13.0. The summed E-state index contributed by atoms with van der Waals surface area (Å²) in [5.74, 6) is 1.31. The first-order valence-electron chi connectivity index (χ1n) is 8.43. The molecule has 1 aliphatic rings. The second-order valence-corrected chi connectivity index (χ2v) is 7.19. The third kappa shape index (κ3) is 3.67. The Morgan fingerprint density at radius 3 is 2.69 bits per heavy atom. The average molecular weight is 374 g/mol. The predicted octanol–water partition coefficient (Wildman–Crippen LogP) is 3.70. The molecule has 26 heavy (non-hydrogen) atoms. The van der Waals surface area contributed by atoms with Crippen molar-refractivity contribution in [2.45, 2.75) is 25.8 Å². The molecule has 1 aromatic heterocycles. The van der Waals surface area contributed by atoms with Crippen LogP contribution in [-0.4, -0.2) is 37.5 Å². The lowest BCUT2D eigenvalue weighted by atomic mass is 10.0. The first-order valence-corrected chi connectivity index (χ1v) is 9.25. The Balaban J connectivity index is 1.87. The lowest BCUT2D eigenvalue weighted by molar-refractivity contribution is -0.114. The number of hydrogen-bond donors (Lipinski definition) is 1. The Bertz CT molecular complexity index is 818. The van der Waals surface area contributed by atoms with Gasteiger partial charge in [-0.25, -0.2) is 0 Å². The number of benzene rings is 1. The van der Waals surface area contributed by atoms with Crippen LogP contribution >= 0.6 is 11.3 Å². The molecule has 6 nitrogen and oxygen atoms in total. The second-order valence-electron chi connectivity index (χ2n) is 6.11. The predicted molar refractivity (Wildman–Crippen MR) is 101 cm³/mol. The number of methoxy groups -OCH3 is 2. The monoisotopic (exact) mass is 374 g/mol. The van der Waals surface area contributed by atoms with Gasteiger partial charge in [-0.05, 0) is 43.2 Å². The molecule has 1 aliphatic heterocycles. The minimum Gasteiger partial charge on any atom is -0.497 e. The molecule has 1 fully saturated rings. The summed E-state index contributed by atoms with van der Waals surface area (Å²) in [7, 11) is 3.25. The summed E-state index contributed by atoms with van der Waals surface area (Å²) in [5, 5.41) is 3.40. The van der Waals surface area contributed by atoms with Gasteiger partial charge < -0.3 is 19.7 Å². The van der Waals surface area contributed by atoms with E-state index in [2.05, 4.69) is 5.32 Å². The van der Waals surface area contributed by atoms with Crippen LogP contribution in [0.5, 0.6) is 11.5 Å². The van der Waals surface area contributed by atoms with Crippen LogP contribution in [0.25, 0.3) is 0 Å². The van der Waals surface area contributed by atoms with Crippen LogP contribution < -0.4 is 14.8 Å². The first kappa shape index (κ1) is 18.3. The molecule has 0 radical (unpaired) electrons. The molecule has 1 atom stereocenters. The highest BCUT2D eigenvalue weighted by Gasteiger charge is 2.33. The number of thiophene rings is 1. The quantitative estimate of drug-likeness (QED) is 0.866. The molecule has 2 aromatic rings. The van der Waals surface area contributed by atoms with Crippen molar-refractivity contribution in [2.75, 3.05) is 26.1 Å². The van der Waals surface area contributed by atoms with Crippen molar-refractivity contribution >= 4 is 28.2 Å². The molecule has 1 aromatic carbocycles. The molecule has 138 valence electrons. The molecule has 0 bridgehead atoms. The fraction of sp³-hybridized carbons (Fsp3) is 0.368. The summed E-state index contributed by atoms with van der Waals surface area (Å²) < 4.78 is 10.8. The fourth-order valence-electron chi connectivity index (χ4n) is 3.27. The van der Waals surface area contributed by atoms with Gasteiger partial charge in [-0.1, -0.05) is 0 Å².